The number of aromatic nitrogens is 1. The highest BCUT2D eigenvalue weighted by molar-refractivity contribution is 7.13. The zero-order valence-electron chi connectivity index (χ0n) is 9.27. The van der Waals surface area contributed by atoms with Gasteiger partial charge in [0, 0.05) is 25.0 Å². The van der Waals surface area contributed by atoms with Gasteiger partial charge in [0.1, 0.15) is 6.04 Å². The Morgan fingerprint density at radius 3 is 3.25 bits per heavy atom. The van der Waals surface area contributed by atoms with Gasteiger partial charge in [0.05, 0.1) is 5.69 Å². The average Bonchev–Trinajstić information content (AvgIpc) is 2.77. The molecule has 5 nitrogen and oxygen atoms in total. The summed E-state index contributed by atoms with van der Waals surface area (Å²) in [6.07, 6.45) is 0.920. The largest absolute Gasteiger partial charge is 0.368 e. The number of anilines is 1. The molecule has 2 heterocycles. The first kappa shape index (κ1) is 11.3. The number of nitrogens with zero attached hydrogens (tertiary/aromatic N) is 2. The second kappa shape index (κ2) is 4.80. The van der Waals surface area contributed by atoms with Crippen molar-refractivity contribution in [1.29, 1.82) is 0 Å². The Morgan fingerprint density at radius 1 is 1.81 bits per heavy atom. The lowest BCUT2D eigenvalue weighted by molar-refractivity contribution is -0.119. The predicted octanol–water partition coefficient (Wildman–Crippen LogP) is -0.0310. The lowest BCUT2D eigenvalue weighted by Crippen LogP contribution is -2.57. The Balaban J connectivity index is 2.19. The van der Waals surface area contributed by atoms with Crippen molar-refractivity contribution >= 4 is 22.4 Å². The molecule has 0 aromatic carbocycles. The van der Waals surface area contributed by atoms with E-state index in [1.54, 1.807) is 11.3 Å². The van der Waals surface area contributed by atoms with Crippen molar-refractivity contribution in [2.45, 2.75) is 19.4 Å². The molecular weight excluding hydrogens is 224 g/mol. The van der Waals surface area contributed by atoms with Gasteiger partial charge in [0.2, 0.25) is 5.91 Å². The Bertz CT molecular complexity index is 379. The summed E-state index contributed by atoms with van der Waals surface area (Å²) in [5, 5.41) is 6.11. The van der Waals surface area contributed by atoms with Crippen molar-refractivity contribution in [1.82, 2.24) is 10.3 Å². The summed E-state index contributed by atoms with van der Waals surface area (Å²) in [5.74, 6) is -0.291. The van der Waals surface area contributed by atoms with Crippen LogP contribution in [0.15, 0.2) is 5.38 Å². The first-order valence-electron chi connectivity index (χ1n) is 5.43. The molecule has 0 spiro atoms. The molecule has 0 saturated carbocycles. The lowest BCUT2D eigenvalue weighted by atomic mass is 10.2. The van der Waals surface area contributed by atoms with Gasteiger partial charge in [-0.2, -0.15) is 0 Å². The molecule has 0 bridgehead atoms. The third-order valence-corrected chi connectivity index (χ3v) is 3.65. The summed E-state index contributed by atoms with van der Waals surface area (Å²) in [5.41, 5.74) is 6.46. The van der Waals surface area contributed by atoms with E-state index in [9.17, 15) is 4.79 Å². The Hall–Kier alpha value is -1.14. The minimum Gasteiger partial charge on any atom is -0.368 e. The summed E-state index contributed by atoms with van der Waals surface area (Å²) in [4.78, 5) is 17.8. The molecule has 1 aliphatic heterocycles. The fourth-order valence-electron chi connectivity index (χ4n) is 1.78. The molecule has 1 fully saturated rings. The fraction of sp³-hybridized carbons (Fsp3) is 0.600. The van der Waals surface area contributed by atoms with Crippen LogP contribution in [0, 0.1) is 0 Å². The number of nitrogens with two attached hydrogens (primary N) is 1. The minimum absolute atomic E-state index is 0.274. The van der Waals surface area contributed by atoms with Crippen LogP contribution in [-0.4, -0.2) is 36.6 Å². The standard InChI is InChI=1S/C10H16N4OS/c1-2-7-6-16-10(13-7)14-4-3-12-5-8(14)9(11)15/h6,8,12H,2-5H2,1H3,(H2,11,15). The van der Waals surface area contributed by atoms with Crippen LogP contribution >= 0.6 is 11.3 Å². The van der Waals surface area contributed by atoms with Crippen LogP contribution in [0.4, 0.5) is 5.13 Å². The highest BCUT2D eigenvalue weighted by Gasteiger charge is 2.28. The van der Waals surface area contributed by atoms with Gasteiger partial charge in [-0.05, 0) is 6.42 Å². The van der Waals surface area contributed by atoms with Crippen molar-refractivity contribution in [2.75, 3.05) is 24.5 Å². The number of piperazine rings is 1. The third kappa shape index (κ3) is 2.17. The zero-order chi connectivity index (χ0) is 11.5. The van der Waals surface area contributed by atoms with Crippen LogP contribution in [0.2, 0.25) is 0 Å². The second-order valence-electron chi connectivity index (χ2n) is 3.79. The number of nitrogens with one attached hydrogen (secondary N) is 1. The fourth-order valence-corrected chi connectivity index (χ4v) is 2.76. The third-order valence-electron chi connectivity index (χ3n) is 2.72. The molecule has 1 amide bonds. The first-order chi connectivity index (χ1) is 7.72. The molecule has 0 aliphatic carbocycles. The maximum atomic E-state index is 11.3. The smallest absolute Gasteiger partial charge is 0.241 e. The molecule has 0 radical (unpaired) electrons. The topological polar surface area (TPSA) is 71.2 Å². The number of hydrogen-bond donors (Lipinski definition) is 2. The van der Waals surface area contributed by atoms with Gasteiger partial charge in [-0.3, -0.25) is 4.79 Å². The molecule has 2 rings (SSSR count). The Kier molecular flexibility index (Phi) is 3.40. The van der Waals surface area contributed by atoms with E-state index in [1.165, 1.54) is 0 Å². The van der Waals surface area contributed by atoms with E-state index < -0.39 is 0 Å². The van der Waals surface area contributed by atoms with E-state index in [2.05, 4.69) is 17.2 Å². The first-order valence-corrected chi connectivity index (χ1v) is 6.31. The van der Waals surface area contributed by atoms with Gasteiger partial charge in [0.15, 0.2) is 5.13 Å². The maximum Gasteiger partial charge on any atom is 0.241 e. The van der Waals surface area contributed by atoms with E-state index in [0.29, 0.717) is 6.54 Å². The van der Waals surface area contributed by atoms with E-state index >= 15 is 0 Å². The quantitative estimate of drug-likeness (QED) is 0.778. The number of amides is 1. The summed E-state index contributed by atoms with van der Waals surface area (Å²) in [6, 6.07) is -0.274. The van der Waals surface area contributed by atoms with Crippen molar-refractivity contribution < 1.29 is 4.79 Å². The zero-order valence-corrected chi connectivity index (χ0v) is 10.1. The summed E-state index contributed by atoms with van der Waals surface area (Å²) in [7, 11) is 0. The number of carbonyl (C=O) groups excluding carboxylic acids is 1. The Labute approximate surface area is 98.7 Å². The van der Waals surface area contributed by atoms with Gasteiger partial charge >= 0.3 is 0 Å². The average molecular weight is 240 g/mol. The van der Waals surface area contributed by atoms with Gasteiger partial charge < -0.3 is 16.0 Å². The molecule has 1 atom stereocenters. The summed E-state index contributed by atoms with van der Waals surface area (Å²) >= 11 is 1.58. The molecule has 1 aromatic heterocycles. The number of primary amides is 1. The van der Waals surface area contributed by atoms with Gasteiger partial charge in [-0.15, -0.1) is 11.3 Å². The highest BCUT2D eigenvalue weighted by Crippen LogP contribution is 2.23. The summed E-state index contributed by atoms with van der Waals surface area (Å²) in [6.45, 7) is 4.33. The normalized spacial score (nSPS) is 21.1. The predicted molar refractivity (Wildman–Crippen MR) is 64.7 cm³/mol. The number of hydrogen-bond acceptors (Lipinski definition) is 5. The van der Waals surface area contributed by atoms with Crippen LogP contribution in [0.5, 0.6) is 0 Å². The van der Waals surface area contributed by atoms with Gasteiger partial charge in [0.25, 0.3) is 0 Å². The van der Waals surface area contributed by atoms with Crippen LogP contribution in [0.25, 0.3) is 0 Å². The minimum atomic E-state index is -0.291. The number of thiazole rings is 1. The molecule has 1 unspecified atom stereocenters. The number of aryl methyl sites for hydroxylation is 1. The van der Waals surface area contributed by atoms with E-state index in [-0.39, 0.29) is 11.9 Å². The van der Waals surface area contributed by atoms with Crippen LogP contribution in [0.3, 0.4) is 0 Å². The number of carbonyl (C=O) groups is 1. The van der Waals surface area contributed by atoms with Crippen molar-refractivity contribution in [3.05, 3.63) is 11.1 Å². The van der Waals surface area contributed by atoms with Gasteiger partial charge in [-0.25, -0.2) is 4.98 Å². The van der Waals surface area contributed by atoms with Crippen LogP contribution < -0.4 is 16.0 Å². The summed E-state index contributed by atoms with van der Waals surface area (Å²) < 4.78 is 0. The molecule has 1 saturated heterocycles. The van der Waals surface area contributed by atoms with Crippen molar-refractivity contribution in [3.63, 3.8) is 0 Å². The highest BCUT2D eigenvalue weighted by atomic mass is 32.1. The molecule has 6 heteroatoms. The second-order valence-corrected chi connectivity index (χ2v) is 4.63. The molecule has 16 heavy (non-hydrogen) atoms. The monoisotopic (exact) mass is 240 g/mol. The SMILES string of the molecule is CCc1csc(N2CCNCC2C(N)=O)n1. The van der Waals surface area contributed by atoms with Crippen molar-refractivity contribution in [2.24, 2.45) is 5.73 Å². The molecular formula is C10H16N4OS. The number of rotatable bonds is 3. The molecule has 3 N–H and O–H groups in total. The van der Waals surface area contributed by atoms with Gasteiger partial charge in [-0.1, -0.05) is 6.92 Å². The Morgan fingerprint density at radius 2 is 2.62 bits per heavy atom. The van der Waals surface area contributed by atoms with E-state index in [0.717, 1.165) is 30.3 Å². The molecule has 88 valence electrons. The van der Waals surface area contributed by atoms with Crippen molar-refractivity contribution in [3.8, 4) is 0 Å². The molecule has 1 aromatic rings. The van der Waals surface area contributed by atoms with Crippen LogP contribution in [0.1, 0.15) is 12.6 Å². The maximum absolute atomic E-state index is 11.3. The lowest BCUT2D eigenvalue weighted by Gasteiger charge is -2.33. The molecule has 1 aliphatic rings. The van der Waals surface area contributed by atoms with Crippen LogP contribution in [-0.2, 0) is 11.2 Å². The van der Waals surface area contributed by atoms with E-state index in [4.69, 9.17) is 5.73 Å². The van der Waals surface area contributed by atoms with E-state index in [1.807, 2.05) is 10.3 Å².